The summed E-state index contributed by atoms with van der Waals surface area (Å²) in [7, 11) is 3.98. The van der Waals surface area contributed by atoms with Crippen LogP contribution in [-0.4, -0.2) is 50.5 Å². The summed E-state index contributed by atoms with van der Waals surface area (Å²) in [6.07, 6.45) is -0.614. The molecule has 0 aromatic heterocycles. The van der Waals surface area contributed by atoms with Crippen molar-refractivity contribution < 1.29 is 23.0 Å². The van der Waals surface area contributed by atoms with E-state index >= 15 is 8.78 Å². The molecule has 4 N–H and O–H groups in total. The van der Waals surface area contributed by atoms with E-state index in [9.17, 15) is 4.79 Å². The first-order valence-electron chi connectivity index (χ1n) is 12.4. The number of hydrogen-bond acceptors (Lipinski definition) is 5. The van der Waals surface area contributed by atoms with Gasteiger partial charge in [-0.1, -0.05) is 36.4 Å². The van der Waals surface area contributed by atoms with E-state index in [1.165, 1.54) is 12.1 Å². The second-order valence-corrected chi connectivity index (χ2v) is 9.05. The molecule has 0 aliphatic rings. The van der Waals surface area contributed by atoms with E-state index in [4.69, 9.17) is 20.6 Å². The molecule has 7 nitrogen and oxygen atoms in total. The van der Waals surface area contributed by atoms with Crippen molar-refractivity contribution in [2.75, 3.05) is 33.9 Å². The van der Waals surface area contributed by atoms with E-state index in [1.807, 2.05) is 14.1 Å². The Morgan fingerprint density at radius 2 is 1.74 bits per heavy atom. The number of nitrogens with one attached hydrogen (secondary N) is 2. The Morgan fingerprint density at radius 3 is 2.34 bits per heavy atom. The molecule has 9 heteroatoms. The molecule has 0 bridgehead atoms. The van der Waals surface area contributed by atoms with Crippen molar-refractivity contribution in [3.8, 4) is 16.9 Å². The van der Waals surface area contributed by atoms with Crippen LogP contribution in [-0.2, 0) is 16.1 Å². The number of carbonyl (C=O) groups is 1. The Kier molecular flexibility index (Phi) is 10.3. The molecular formula is C29H34F2N4O3. The van der Waals surface area contributed by atoms with E-state index in [1.54, 1.807) is 55.5 Å². The van der Waals surface area contributed by atoms with Crippen LogP contribution in [0.15, 0.2) is 60.7 Å². The third-order valence-electron chi connectivity index (χ3n) is 5.83. The number of hydrogen-bond donors (Lipinski definition) is 3. The van der Waals surface area contributed by atoms with Crippen molar-refractivity contribution in [2.45, 2.75) is 26.0 Å². The van der Waals surface area contributed by atoms with Crippen LogP contribution in [0.3, 0.4) is 0 Å². The lowest BCUT2D eigenvalue weighted by Crippen LogP contribution is -2.31. The van der Waals surface area contributed by atoms with Gasteiger partial charge in [0.15, 0.2) is 6.10 Å². The van der Waals surface area contributed by atoms with Crippen LogP contribution in [0.2, 0.25) is 0 Å². The van der Waals surface area contributed by atoms with Gasteiger partial charge in [-0.15, -0.1) is 0 Å². The van der Waals surface area contributed by atoms with Gasteiger partial charge in [-0.2, -0.15) is 0 Å². The van der Waals surface area contributed by atoms with Gasteiger partial charge < -0.3 is 25.4 Å². The predicted octanol–water partition coefficient (Wildman–Crippen LogP) is 4.64. The van der Waals surface area contributed by atoms with Crippen molar-refractivity contribution in [2.24, 2.45) is 5.73 Å². The number of amidine groups is 1. The number of benzene rings is 3. The van der Waals surface area contributed by atoms with Crippen LogP contribution >= 0.6 is 0 Å². The van der Waals surface area contributed by atoms with Gasteiger partial charge in [0.25, 0.3) is 5.91 Å². The summed E-state index contributed by atoms with van der Waals surface area (Å²) in [5.74, 6) is -1.88. The highest BCUT2D eigenvalue weighted by Gasteiger charge is 2.28. The van der Waals surface area contributed by atoms with E-state index in [0.717, 1.165) is 18.5 Å². The largest absolute Gasteiger partial charge is 0.494 e. The summed E-state index contributed by atoms with van der Waals surface area (Å²) in [4.78, 5) is 15.0. The molecule has 0 radical (unpaired) electrons. The van der Waals surface area contributed by atoms with Gasteiger partial charge in [0, 0.05) is 25.3 Å². The first-order valence-corrected chi connectivity index (χ1v) is 12.4. The molecule has 3 aromatic rings. The van der Waals surface area contributed by atoms with Gasteiger partial charge in [-0.3, -0.25) is 10.2 Å². The number of ether oxygens (including phenoxy) is 2. The highest BCUT2D eigenvalue weighted by Crippen LogP contribution is 2.31. The average Bonchev–Trinajstić information content (AvgIpc) is 2.89. The molecule has 1 atom stereocenters. The lowest BCUT2D eigenvalue weighted by molar-refractivity contribution is -0.133. The minimum atomic E-state index is -1.46. The summed E-state index contributed by atoms with van der Waals surface area (Å²) in [5, 5.41) is 10.1. The second-order valence-electron chi connectivity index (χ2n) is 9.05. The van der Waals surface area contributed by atoms with Gasteiger partial charge in [0.05, 0.1) is 12.2 Å². The smallest absolute Gasteiger partial charge is 0.254 e. The van der Waals surface area contributed by atoms with Crippen LogP contribution in [0.4, 0.5) is 8.78 Å². The minimum Gasteiger partial charge on any atom is -0.494 e. The first-order chi connectivity index (χ1) is 18.2. The van der Waals surface area contributed by atoms with Crippen molar-refractivity contribution in [3.05, 3.63) is 89.0 Å². The summed E-state index contributed by atoms with van der Waals surface area (Å²) in [6.45, 7) is 3.26. The fraction of sp³-hybridized carbons (Fsp3) is 0.310. The van der Waals surface area contributed by atoms with E-state index < -0.39 is 29.2 Å². The molecule has 3 rings (SSSR count). The Hall–Kier alpha value is -3.82. The topological polar surface area (TPSA) is 101 Å². The number of amides is 1. The average molecular weight is 525 g/mol. The fourth-order valence-corrected chi connectivity index (χ4v) is 3.88. The zero-order valence-electron chi connectivity index (χ0n) is 21.9. The van der Waals surface area contributed by atoms with E-state index in [2.05, 4.69) is 10.2 Å². The van der Waals surface area contributed by atoms with Gasteiger partial charge in [0.2, 0.25) is 0 Å². The molecule has 1 unspecified atom stereocenters. The number of nitrogens with zero attached hydrogens (tertiary/aromatic N) is 1. The molecule has 202 valence electrons. The molecule has 0 heterocycles. The van der Waals surface area contributed by atoms with E-state index in [-0.39, 0.29) is 19.0 Å². The molecule has 0 saturated heterocycles. The third kappa shape index (κ3) is 7.84. The lowest BCUT2D eigenvalue weighted by atomic mass is 9.99. The maximum absolute atomic E-state index is 15.3. The molecule has 0 aliphatic carbocycles. The quantitative estimate of drug-likeness (QED) is 0.172. The number of nitrogen functional groups attached to an aromatic ring is 1. The molecule has 0 aliphatic heterocycles. The van der Waals surface area contributed by atoms with Crippen LogP contribution < -0.4 is 15.8 Å². The summed E-state index contributed by atoms with van der Waals surface area (Å²) < 4.78 is 41.8. The monoisotopic (exact) mass is 524 g/mol. The maximum Gasteiger partial charge on any atom is 0.254 e. The lowest BCUT2D eigenvalue weighted by Gasteiger charge is -2.19. The van der Waals surface area contributed by atoms with E-state index in [0.29, 0.717) is 29.0 Å². The summed E-state index contributed by atoms with van der Waals surface area (Å²) >= 11 is 0. The van der Waals surface area contributed by atoms with Gasteiger partial charge in [-0.25, -0.2) is 8.78 Å². The second kappa shape index (κ2) is 13.6. The van der Waals surface area contributed by atoms with Crippen LogP contribution in [0.1, 0.15) is 36.1 Å². The highest BCUT2D eigenvalue weighted by molar-refractivity contribution is 5.94. The molecule has 1 amide bonds. The third-order valence-corrected chi connectivity index (χ3v) is 5.83. The molecule has 0 fully saturated rings. The highest BCUT2D eigenvalue weighted by atomic mass is 19.1. The van der Waals surface area contributed by atoms with Crippen LogP contribution in [0, 0.1) is 17.0 Å². The van der Waals surface area contributed by atoms with Crippen LogP contribution in [0.25, 0.3) is 11.1 Å². The first kappa shape index (κ1) is 28.7. The SMILES string of the molecule is CCOC(C(=O)NCc1ccc(C(=N)N)cc1)c1c(F)cc(-c2cccc(OCCCN(C)C)c2)cc1F. The van der Waals surface area contributed by atoms with Crippen molar-refractivity contribution >= 4 is 11.7 Å². The van der Waals surface area contributed by atoms with Gasteiger partial charge in [-0.05, 0) is 68.4 Å². The van der Waals surface area contributed by atoms with Crippen molar-refractivity contribution in [1.82, 2.24) is 10.2 Å². The molecular weight excluding hydrogens is 490 g/mol. The zero-order valence-corrected chi connectivity index (χ0v) is 21.9. The summed E-state index contributed by atoms with van der Waals surface area (Å²) in [6, 6.07) is 16.2. The normalized spacial score (nSPS) is 11.8. The number of rotatable bonds is 13. The number of carbonyl (C=O) groups excluding carboxylic acids is 1. The Morgan fingerprint density at radius 1 is 1.05 bits per heavy atom. The van der Waals surface area contributed by atoms with Crippen molar-refractivity contribution in [3.63, 3.8) is 0 Å². The molecule has 0 saturated carbocycles. The van der Waals surface area contributed by atoms with Gasteiger partial charge >= 0.3 is 0 Å². The molecule has 3 aromatic carbocycles. The standard InChI is InChI=1S/C29H34F2N4O3/c1-4-37-27(29(36)34-18-19-9-11-20(12-10-19)28(32)33)26-24(30)16-22(17-25(26)31)21-7-5-8-23(15-21)38-14-6-13-35(2)3/h5,7-12,15-17,27H,4,6,13-14,18H2,1-3H3,(H3,32,33)(H,34,36). The summed E-state index contributed by atoms with van der Waals surface area (Å²) in [5.41, 5.74) is 7.21. The Bertz CT molecular complexity index is 1230. The zero-order chi connectivity index (χ0) is 27.7. The van der Waals surface area contributed by atoms with Crippen LogP contribution in [0.5, 0.6) is 5.75 Å². The Balaban J connectivity index is 1.75. The van der Waals surface area contributed by atoms with Crippen molar-refractivity contribution in [1.29, 1.82) is 5.41 Å². The number of halogens is 2. The Labute approximate surface area is 222 Å². The fourth-order valence-electron chi connectivity index (χ4n) is 3.88. The minimum absolute atomic E-state index is 0.0642. The maximum atomic E-state index is 15.3. The number of nitrogens with two attached hydrogens (primary N) is 1. The van der Waals surface area contributed by atoms with Gasteiger partial charge in [0.1, 0.15) is 23.2 Å². The predicted molar refractivity (Wildman–Crippen MR) is 144 cm³/mol. The molecule has 0 spiro atoms. The molecule has 38 heavy (non-hydrogen) atoms.